The Bertz CT molecular complexity index is 580. The average molecular weight is 311 g/mol. The lowest BCUT2D eigenvalue weighted by molar-refractivity contribution is 0.0941. The molecule has 1 unspecified atom stereocenters. The molecular weight excluding hydrogens is 290 g/mol. The number of amides is 1. The van der Waals surface area contributed by atoms with Crippen LogP contribution in [-0.4, -0.2) is 38.5 Å². The van der Waals surface area contributed by atoms with Gasteiger partial charge in [0.25, 0.3) is 5.91 Å². The molecule has 1 fully saturated rings. The van der Waals surface area contributed by atoms with Gasteiger partial charge >= 0.3 is 0 Å². The molecule has 6 heteroatoms. The number of benzene rings is 1. The number of carbonyl (C=O) groups excluding carboxylic acids is 1. The van der Waals surface area contributed by atoms with Gasteiger partial charge in [-0.15, -0.1) is 0 Å². The second-order valence-electron chi connectivity index (χ2n) is 5.30. The van der Waals surface area contributed by atoms with Crippen LogP contribution in [0.5, 0.6) is 5.75 Å². The fraction of sp³-hybridized carbons (Fsp3) is 0.533. The highest BCUT2D eigenvalue weighted by Gasteiger charge is 2.29. The number of rotatable bonds is 6. The van der Waals surface area contributed by atoms with Gasteiger partial charge < -0.3 is 10.1 Å². The largest absolute Gasteiger partial charge is 0.494 e. The summed E-state index contributed by atoms with van der Waals surface area (Å²) < 4.78 is 28.3. The van der Waals surface area contributed by atoms with Gasteiger partial charge in [-0.05, 0) is 37.1 Å². The summed E-state index contributed by atoms with van der Waals surface area (Å²) in [5.74, 6) is 0.694. The summed E-state index contributed by atoms with van der Waals surface area (Å²) in [5, 5.41) is 2.76. The Morgan fingerprint density at radius 3 is 2.62 bits per heavy atom. The maximum absolute atomic E-state index is 12.0. The molecule has 116 valence electrons. The zero-order valence-electron chi connectivity index (χ0n) is 12.2. The molecule has 0 aliphatic carbocycles. The Morgan fingerprint density at radius 1 is 1.33 bits per heavy atom. The van der Waals surface area contributed by atoms with E-state index < -0.39 is 9.84 Å². The SMILES string of the molecule is CCCCOc1ccc(C(=O)NC2CCS(=O)(=O)C2)cc1. The first-order valence-corrected chi connectivity index (χ1v) is 9.06. The minimum Gasteiger partial charge on any atom is -0.494 e. The van der Waals surface area contributed by atoms with Crippen LogP contribution in [0.2, 0.25) is 0 Å². The summed E-state index contributed by atoms with van der Waals surface area (Å²) in [7, 11) is -2.98. The van der Waals surface area contributed by atoms with Gasteiger partial charge in [-0.3, -0.25) is 4.79 Å². The van der Waals surface area contributed by atoms with E-state index in [1.165, 1.54) is 0 Å². The normalized spacial score (nSPS) is 20.1. The van der Waals surface area contributed by atoms with Gasteiger partial charge in [0, 0.05) is 11.6 Å². The van der Waals surface area contributed by atoms with Crippen molar-refractivity contribution >= 4 is 15.7 Å². The van der Waals surface area contributed by atoms with Gasteiger partial charge in [0.05, 0.1) is 18.1 Å². The Balaban J connectivity index is 1.88. The Hall–Kier alpha value is -1.56. The van der Waals surface area contributed by atoms with Crippen LogP contribution in [0.3, 0.4) is 0 Å². The van der Waals surface area contributed by atoms with Crippen LogP contribution in [0.25, 0.3) is 0 Å². The molecule has 21 heavy (non-hydrogen) atoms. The monoisotopic (exact) mass is 311 g/mol. The van der Waals surface area contributed by atoms with Gasteiger partial charge in [0.15, 0.2) is 9.84 Å². The van der Waals surface area contributed by atoms with Crippen molar-refractivity contribution in [3.63, 3.8) is 0 Å². The van der Waals surface area contributed by atoms with Crippen molar-refractivity contribution in [2.45, 2.75) is 32.2 Å². The summed E-state index contributed by atoms with van der Waals surface area (Å²) in [6, 6.07) is 6.63. The van der Waals surface area contributed by atoms with E-state index in [-0.39, 0.29) is 23.5 Å². The van der Waals surface area contributed by atoms with E-state index in [4.69, 9.17) is 4.74 Å². The Labute approximate surface area is 125 Å². The van der Waals surface area contributed by atoms with Crippen LogP contribution >= 0.6 is 0 Å². The Morgan fingerprint density at radius 2 is 2.05 bits per heavy atom. The highest BCUT2D eigenvalue weighted by molar-refractivity contribution is 7.91. The average Bonchev–Trinajstić information content (AvgIpc) is 2.79. The molecule has 0 spiro atoms. The molecule has 1 aliphatic rings. The topological polar surface area (TPSA) is 72.5 Å². The summed E-state index contributed by atoms with van der Waals surface area (Å²) >= 11 is 0. The molecule has 5 nitrogen and oxygen atoms in total. The summed E-state index contributed by atoms with van der Waals surface area (Å²) in [4.78, 5) is 12.0. The molecule has 0 aromatic heterocycles. The van der Waals surface area contributed by atoms with Crippen LogP contribution < -0.4 is 10.1 Å². The summed E-state index contributed by atoms with van der Waals surface area (Å²) in [5.41, 5.74) is 0.516. The zero-order chi connectivity index (χ0) is 15.3. The maximum atomic E-state index is 12.0. The molecule has 1 atom stereocenters. The van der Waals surface area contributed by atoms with E-state index in [9.17, 15) is 13.2 Å². The predicted molar refractivity (Wildman–Crippen MR) is 81.4 cm³/mol. The van der Waals surface area contributed by atoms with E-state index in [0.717, 1.165) is 18.6 Å². The molecule has 1 amide bonds. The lowest BCUT2D eigenvalue weighted by atomic mass is 10.2. The third-order valence-corrected chi connectivity index (χ3v) is 5.22. The maximum Gasteiger partial charge on any atom is 0.251 e. The van der Waals surface area contributed by atoms with Crippen molar-refractivity contribution in [2.75, 3.05) is 18.1 Å². The van der Waals surface area contributed by atoms with Gasteiger partial charge in [-0.25, -0.2) is 8.42 Å². The quantitative estimate of drug-likeness (QED) is 0.813. The second kappa shape index (κ2) is 6.93. The van der Waals surface area contributed by atoms with Crippen LogP contribution in [-0.2, 0) is 9.84 Å². The lowest BCUT2D eigenvalue weighted by Gasteiger charge is -2.11. The molecule has 0 saturated carbocycles. The fourth-order valence-electron chi connectivity index (χ4n) is 2.21. The van der Waals surface area contributed by atoms with E-state index in [0.29, 0.717) is 18.6 Å². The lowest BCUT2D eigenvalue weighted by Crippen LogP contribution is -2.35. The number of unbranched alkanes of at least 4 members (excludes halogenated alkanes) is 1. The highest BCUT2D eigenvalue weighted by Crippen LogP contribution is 2.15. The van der Waals surface area contributed by atoms with Gasteiger partial charge in [0.2, 0.25) is 0 Å². The van der Waals surface area contributed by atoms with Crippen LogP contribution in [0, 0.1) is 0 Å². The van der Waals surface area contributed by atoms with E-state index in [1.807, 2.05) is 0 Å². The molecule has 1 heterocycles. The van der Waals surface area contributed by atoms with Crippen LogP contribution in [0.15, 0.2) is 24.3 Å². The molecule has 1 saturated heterocycles. The number of ether oxygens (including phenoxy) is 1. The minimum absolute atomic E-state index is 0.0386. The smallest absolute Gasteiger partial charge is 0.251 e. The van der Waals surface area contributed by atoms with Crippen molar-refractivity contribution in [3.05, 3.63) is 29.8 Å². The predicted octanol–water partition coefficient (Wildman–Crippen LogP) is 1.78. The first-order valence-electron chi connectivity index (χ1n) is 7.24. The number of nitrogens with one attached hydrogen (secondary N) is 1. The van der Waals surface area contributed by atoms with Crippen molar-refractivity contribution in [3.8, 4) is 5.75 Å². The van der Waals surface area contributed by atoms with Crippen LogP contribution in [0.4, 0.5) is 0 Å². The van der Waals surface area contributed by atoms with Crippen molar-refractivity contribution in [2.24, 2.45) is 0 Å². The second-order valence-corrected chi connectivity index (χ2v) is 7.53. The van der Waals surface area contributed by atoms with E-state index in [2.05, 4.69) is 12.2 Å². The van der Waals surface area contributed by atoms with E-state index in [1.54, 1.807) is 24.3 Å². The molecular formula is C15H21NO4S. The third-order valence-electron chi connectivity index (χ3n) is 3.45. The summed E-state index contributed by atoms with van der Waals surface area (Å²) in [6.07, 6.45) is 2.56. The first-order chi connectivity index (χ1) is 10.00. The molecule has 2 rings (SSSR count). The molecule has 0 bridgehead atoms. The minimum atomic E-state index is -2.98. The third kappa shape index (κ3) is 4.74. The van der Waals surface area contributed by atoms with Gasteiger partial charge in [-0.1, -0.05) is 13.3 Å². The summed E-state index contributed by atoms with van der Waals surface area (Å²) in [6.45, 7) is 2.77. The first kappa shape index (κ1) is 15.8. The highest BCUT2D eigenvalue weighted by atomic mass is 32.2. The Kier molecular flexibility index (Phi) is 5.22. The molecule has 0 radical (unpaired) electrons. The molecule has 1 aromatic rings. The number of sulfone groups is 1. The van der Waals surface area contributed by atoms with Gasteiger partial charge in [0.1, 0.15) is 5.75 Å². The number of hydrogen-bond donors (Lipinski definition) is 1. The van der Waals surface area contributed by atoms with E-state index >= 15 is 0 Å². The number of carbonyl (C=O) groups is 1. The standard InChI is InChI=1S/C15H21NO4S/c1-2-3-9-20-14-6-4-12(5-7-14)15(17)16-13-8-10-21(18,19)11-13/h4-7,13H,2-3,8-11H2,1H3,(H,16,17). The van der Waals surface area contributed by atoms with Crippen molar-refractivity contribution in [1.29, 1.82) is 0 Å². The number of hydrogen-bond acceptors (Lipinski definition) is 4. The molecule has 1 aromatic carbocycles. The fourth-order valence-corrected chi connectivity index (χ4v) is 3.89. The molecule has 1 N–H and O–H groups in total. The zero-order valence-corrected chi connectivity index (χ0v) is 13.0. The van der Waals surface area contributed by atoms with Crippen molar-refractivity contribution < 1.29 is 17.9 Å². The van der Waals surface area contributed by atoms with Crippen molar-refractivity contribution in [1.82, 2.24) is 5.32 Å². The van der Waals surface area contributed by atoms with Gasteiger partial charge in [-0.2, -0.15) is 0 Å². The molecule has 1 aliphatic heterocycles. The van der Waals surface area contributed by atoms with Crippen LogP contribution in [0.1, 0.15) is 36.5 Å².